The third kappa shape index (κ3) is 4.19. The number of halogens is 1. The zero-order valence-electron chi connectivity index (χ0n) is 19.5. The second kappa shape index (κ2) is 8.86. The van der Waals surface area contributed by atoms with Gasteiger partial charge in [0.1, 0.15) is 11.5 Å². The molecule has 10 heteroatoms. The number of ether oxygens (including phenoxy) is 1. The van der Waals surface area contributed by atoms with Crippen LogP contribution in [0.4, 0.5) is 10.2 Å². The summed E-state index contributed by atoms with van der Waals surface area (Å²) >= 11 is 0. The smallest absolute Gasteiger partial charge is 0.322 e. The fourth-order valence-electron chi connectivity index (χ4n) is 4.98. The Hall–Kier alpha value is -3.63. The second-order valence-electron chi connectivity index (χ2n) is 9.16. The SMILES string of the molecule is Cc1ccnc(Oc2ccc(-c3nc(N)c4cc5n(c4n3)CCN(C3CCCNC3)C5)cc2F)n1. The number of fused-ring (bicyclic) bond motifs is 3. The van der Waals surface area contributed by atoms with E-state index in [1.165, 1.54) is 30.7 Å². The van der Waals surface area contributed by atoms with E-state index in [-0.39, 0.29) is 11.8 Å². The Kier molecular flexibility index (Phi) is 5.54. The number of nitrogens with two attached hydrogens (primary N) is 1. The Morgan fingerprint density at radius 1 is 1.14 bits per heavy atom. The number of hydrogen-bond acceptors (Lipinski definition) is 8. The molecule has 35 heavy (non-hydrogen) atoms. The Morgan fingerprint density at radius 2 is 2.06 bits per heavy atom. The van der Waals surface area contributed by atoms with E-state index >= 15 is 0 Å². The van der Waals surface area contributed by atoms with Gasteiger partial charge in [-0.1, -0.05) is 0 Å². The molecule has 0 spiro atoms. The first-order valence-corrected chi connectivity index (χ1v) is 11.9. The van der Waals surface area contributed by atoms with E-state index in [1.54, 1.807) is 18.3 Å². The number of benzene rings is 1. The number of hydrogen-bond donors (Lipinski definition) is 2. The maximum absolute atomic E-state index is 14.9. The highest BCUT2D eigenvalue weighted by Crippen LogP contribution is 2.31. The summed E-state index contributed by atoms with van der Waals surface area (Å²) in [6.45, 7) is 6.61. The summed E-state index contributed by atoms with van der Waals surface area (Å²) < 4.78 is 22.6. The highest BCUT2D eigenvalue weighted by atomic mass is 19.1. The van der Waals surface area contributed by atoms with Gasteiger partial charge >= 0.3 is 6.01 Å². The second-order valence-corrected chi connectivity index (χ2v) is 9.16. The average Bonchev–Trinajstić information content (AvgIpc) is 3.24. The first-order valence-electron chi connectivity index (χ1n) is 11.9. The largest absolute Gasteiger partial charge is 0.421 e. The van der Waals surface area contributed by atoms with Crippen LogP contribution >= 0.6 is 0 Å². The molecule has 0 bridgehead atoms. The molecule has 0 amide bonds. The number of nitrogens with zero attached hydrogens (tertiary/aromatic N) is 6. The lowest BCUT2D eigenvalue weighted by atomic mass is 10.0. The van der Waals surface area contributed by atoms with Gasteiger partial charge in [0.2, 0.25) is 0 Å². The van der Waals surface area contributed by atoms with Crippen LogP contribution in [0.2, 0.25) is 0 Å². The van der Waals surface area contributed by atoms with Crippen LogP contribution in [0.5, 0.6) is 11.8 Å². The van der Waals surface area contributed by atoms with E-state index in [4.69, 9.17) is 15.5 Å². The minimum Gasteiger partial charge on any atom is -0.421 e. The van der Waals surface area contributed by atoms with E-state index in [0.717, 1.165) is 49.5 Å². The summed E-state index contributed by atoms with van der Waals surface area (Å²) in [5.74, 6) is 0.258. The molecular formula is C25H27FN8O. The standard InChI is InChI=1S/C25H27FN8O/c1-15-6-8-29-25(30-15)35-21-5-4-16(11-20(21)26)23-31-22(27)19-12-18-14-33(17-3-2-7-28-13-17)9-10-34(18)24(19)32-23/h4-6,8,11-12,17,28H,2-3,7,9-10,13-14H2,1H3,(H2,27,31,32). The number of piperidine rings is 1. The van der Waals surface area contributed by atoms with Crippen molar-refractivity contribution in [1.82, 2.24) is 34.7 Å². The minimum absolute atomic E-state index is 0.0331. The van der Waals surface area contributed by atoms with Crippen molar-refractivity contribution in [2.45, 2.75) is 38.9 Å². The van der Waals surface area contributed by atoms with Crippen LogP contribution in [0, 0.1) is 12.7 Å². The first-order chi connectivity index (χ1) is 17.0. The van der Waals surface area contributed by atoms with Crippen molar-refractivity contribution < 1.29 is 9.13 Å². The Bertz CT molecular complexity index is 1400. The van der Waals surface area contributed by atoms with Crippen LogP contribution in [0.25, 0.3) is 22.4 Å². The summed E-state index contributed by atoms with van der Waals surface area (Å²) in [5, 5.41) is 4.34. The van der Waals surface area contributed by atoms with Gasteiger partial charge in [-0.15, -0.1) is 0 Å². The summed E-state index contributed by atoms with van der Waals surface area (Å²) in [5.41, 5.74) is 9.58. The maximum atomic E-state index is 14.9. The Balaban J connectivity index is 1.29. The van der Waals surface area contributed by atoms with Crippen LogP contribution in [-0.4, -0.2) is 55.1 Å². The molecule has 0 radical (unpaired) electrons. The molecule has 2 aliphatic heterocycles. The van der Waals surface area contributed by atoms with Crippen LogP contribution in [0.15, 0.2) is 36.5 Å². The number of nitrogens with one attached hydrogen (secondary N) is 1. The zero-order valence-corrected chi connectivity index (χ0v) is 19.5. The van der Waals surface area contributed by atoms with Gasteiger partial charge in [0.15, 0.2) is 17.4 Å². The summed E-state index contributed by atoms with van der Waals surface area (Å²) in [6.07, 6.45) is 4.00. The molecule has 2 aliphatic rings. The van der Waals surface area contributed by atoms with Crippen LogP contribution in [0.3, 0.4) is 0 Å². The van der Waals surface area contributed by atoms with Crippen molar-refractivity contribution in [3.8, 4) is 23.1 Å². The highest BCUT2D eigenvalue weighted by molar-refractivity contribution is 5.89. The molecule has 1 unspecified atom stereocenters. The lowest BCUT2D eigenvalue weighted by Gasteiger charge is -2.37. The maximum Gasteiger partial charge on any atom is 0.322 e. The summed E-state index contributed by atoms with van der Waals surface area (Å²) in [4.78, 5) is 20.0. The van der Waals surface area contributed by atoms with E-state index < -0.39 is 5.82 Å². The zero-order chi connectivity index (χ0) is 23.9. The van der Waals surface area contributed by atoms with Gasteiger partial charge < -0.3 is 20.4 Å². The number of rotatable bonds is 4. The molecule has 1 fully saturated rings. The number of aryl methyl sites for hydroxylation is 1. The van der Waals surface area contributed by atoms with Crippen molar-refractivity contribution in [2.75, 3.05) is 25.4 Å². The van der Waals surface area contributed by atoms with Crippen LogP contribution < -0.4 is 15.8 Å². The van der Waals surface area contributed by atoms with E-state index in [0.29, 0.717) is 23.2 Å². The number of nitrogen functional groups attached to an aromatic ring is 1. The monoisotopic (exact) mass is 474 g/mol. The molecule has 6 rings (SSSR count). The van der Waals surface area contributed by atoms with E-state index in [2.05, 4.69) is 35.8 Å². The molecule has 1 aromatic carbocycles. The van der Waals surface area contributed by atoms with E-state index in [1.807, 2.05) is 6.92 Å². The minimum atomic E-state index is -0.552. The molecule has 3 N–H and O–H groups in total. The lowest BCUT2D eigenvalue weighted by Crippen LogP contribution is -2.48. The van der Waals surface area contributed by atoms with Crippen molar-refractivity contribution in [2.24, 2.45) is 0 Å². The first kappa shape index (κ1) is 21.9. The van der Waals surface area contributed by atoms with Gasteiger partial charge in [-0.3, -0.25) is 4.90 Å². The molecular weight excluding hydrogens is 447 g/mol. The third-order valence-electron chi connectivity index (χ3n) is 6.80. The average molecular weight is 475 g/mol. The van der Waals surface area contributed by atoms with E-state index in [9.17, 15) is 4.39 Å². The van der Waals surface area contributed by atoms with Gasteiger partial charge in [0.25, 0.3) is 0 Å². The van der Waals surface area contributed by atoms with Crippen molar-refractivity contribution in [3.05, 3.63) is 53.7 Å². The topological polar surface area (TPSA) is 107 Å². The van der Waals surface area contributed by atoms with Gasteiger partial charge in [0.05, 0.1) is 5.39 Å². The Morgan fingerprint density at radius 3 is 2.86 bits per heavy atom. The predicted molar refractivity (Wildman–Crippen MR) is 130 cm³/mol. The summed E-state index contributed by atoms with van der Waals surface area (Å²) in [7, 11) is 0. The lowest BCUT2D eigenvalue weighted by molar-refractivity contribution is 0.133. The molecule has 9 nitrogen and oxygen atoms in total. The summed E-state index contributed by atoms with van der Waals surface area (Å²) in [6, 6.07) is 9.09. The molecule has 1 atom stereocenters. The number of anilines is 1. The molecule has 4 aromatic rings. The normalized spacial score (nSPS) is 18.5. The molecule has 3 aromatic heterocycles. The molecule has 0 saturated carbocycles. The van der Waals surface area contributed by atoms with Crippen molar-refractivity contribution in [1.29, 1.82) is 0 Å². The number of aromatic nitrogens is 5. The predicted octanol–water partition coefficient (Wildman–Crippen LogP) is 3.28. The fraction of sp³-hybridized carbons (Fsp3) is 0.360. The van der Waals surface area contributed by atoms with Gasteiger partial charge in [-0.25, -0.2) is 24.3 Å². The quantitative estimate of drug-likeness (QED) is 0.464. The van der Waals surface area contributed by atoms with Gasteiger partial charge in [-0.2, -0.15) is 0 Å². The van der Waals surface area contributed by atoms with Crippen molar-refractivity contribution in [3.63, 3.8) is 0 Å². The molecule has 0 aliphatic carbocycles. The third-order valence-corrected chi connectivity index (χ3v) is 6.80. The highest BCUT2D eigenvalue weighted by Gasteiger charge is 2.27. The van der Waals surface area contributed by atoms with Crippen LogP contribution in [-0.2, 0) is 13.1 Å². The molecule has 180 valence electrons. The van der Waals surface area contributed by atoms with Crippen LogP contribution in [0.1, 0.15) is 24.2 Å². The Labute approximate surface area is 202 Å². The van der Waals surface area contributed by atoms with Crippen molar-refractivity contribution >= 4 is 16.9 Å². The fourth-order valence-corrected chi connectivity index (χ4v) is 4.98. The van der Waals surface area contributed by atoms with Gasteiger partial charge in [0, 0.05) is 55.4 Å². The van der Waals surface area contributed by atoms with Gasteiger partial charge in [-0.05, 0) is 56.6 Å². The molecule has 5 heterocycles. The molecule has 1 saturated heterocycles.